The molecule has 0 spiro atoms. The Balaban J connectivity index is 1.81. The van der Waals surface area contributed by atoms with Crippen LogP contribution in [0.25, 0.3) is 0 Å². The molecule has 1 amide bonds. The number of likely N-dealkylation sites (N-methyl/N-ethyl adjacent to an activating group) is 1. The number of nitrogens with one attached hydrogen (secondary N) is 1. The molecule has 1 aromatic carbocycles. The van der Waals surface area contributed by atoms with E-state index >= 15 is 0 Å². The Labute approximate surface area is 125 Å². The molecule has 116 valence electrons. The number of hydrogen-bond donors (Lipinski definition) is 2. The molecule has 0 bridgehead atoms. The van der Waals surface area contributed by atoms with Crippen LogP contribution in [-0.2, 0) is 9.53 Å². The van der Waals surface area contributed by atoms with Gasteiger partial charge >= 0.3 is 0 Å². The Bertz CT molecular complexity index is 452. The molecule has 1 aliphatic rings. The van der Waals surface area contributed by atoms with Gasteiger partial charge < -0.3 is 20.1 Å². The molecule has 21 heavy (non-hydrogen) atoms. The summed E-state index contributed by atoms with van der Waals surface area (Å²) in [5.41, 5.74) is 0.868. The molecule has 0 aromatic heterocycles. The molecule has 1 fully saturated rings. The maximum Gasteiger partial charge on any atom is 0.250 e. The molecule has 2 rings (SSSR count). The van der Waals surface area contributed by atoms with Gasteiger partial charge in [-0.05, 0) is 26.0 Å². The zero-order valence-corrected chi connectivity index (χ0v) is 12.7. The van der Waals surface area contributed by atoms with Crippen LogP contribution < -0.4 is 5.32 Å². The molecule has 0 saturated carbocycles. The lowest BCUT2D eigenvalue weighted by Gasteiger charge is -2.30. The van der Waals surface area contributed by atoms with Crippen LogP contribution in [0, 0.1) is 0 Å². The van der Waals surface area contributed by atoms with E-state index in [4.69, 9.17) is 4.74 Å². The van der Waals surface area contributed by atoms with Gasteiger partial charge in [0.15, 0.2) is 0 Å². The number of benzene rings is 1. The van der Waals surface area contributed by atoms with Gasteiger partial charge in [0.2, 0.25) is 0 Å². The lowest BCUT2D eigenvalue weighted by Crippen LogP contribution is -2.50. The summed E-state index contributed by atoms with van der Waals surface area (Å²) in [5.74, 6) is -0.102. The van der Waals surface area contributed by atoms with E-state index in [1.165, 1.54) is 0 Å². The second kappa shape index (κ2) is 7.54. The Morgan fingerprint density at radius 1 is 1.48 bits per heavy atom. The summed E-state index contributed by atoms with van der Waals surface area (Å²) in [5, 5.41) is 13.1. The Hall–Kier alpha value is -1.43. The highest BCUT2D eigenvalue weighted by atomic mass is 16.5. The first-order valence-electron chi connectivity index (χ1n) is 7.40. The Morgan fingerprint density at radius 3 is 2.86 bits per heavy atom. The van der Waals surface area contributed by atoms with Gasteiger partial charge in [-0.1, -0.05) is 30.3 Å². The average molecular weight is 292 g/mol. The SMILES string of the molecule is C[C@H](C[C@H](O)c1ccccc1)NC(=O)[C@H]1CN(C)CCO1. The van der Waals surface area contributed by atoms with Crippen molar-refractivity contribution in [3.8, 4) is 0 Å². The second-order valence-electron chi connectivity index (χ2n) is 5.69. The highest BCUT2D eigenvalue weighted by Gasteiger charge is 2.26. The van der Waals surface area contributed by atoms with Crippen molar-refractivity contribution in [3.05, 3.63) is 35.9 Å². The second-order valence-corrected chi connectivity index (χ2v) is 5.69. The predicted molar refractivity (Wildman–Crippen MR) is 80.9 cm³/mol. The van der Waals surface area contributed by atoms with Crippen molar-refractivity contribution >= 4 is 5.91 Å². The van der Waals surface area contributed by atoms with Crippen molar-refractivity contribution in [1.82, 2.24) is 10.2 Å². The Morgan fingerprint density at radius 2 is 2.19 bits per heavy atom. The van der Waals surface area contributed by atoms with Gasteiger partial charge in [-0.15, -0.1) is 0 Å². The number of aliphatic hydroxyl groups excluding tert-OH is 1. The summed E-state index contributed by atoms with van der Waals surface area (Å²) in [7, 11) is 1.98. The fraction of sp³-hybridized carbons (Fsp3) is 0.562. The normalized spacial score (nSPS) is 22.5. The van der Waals surface area contributed by atoms with Crippen molar-refractivity contribution in [2.24, 2.45) is 0 Å². The van der Waals surface area contributed by atoms with Gasteiger partial charge in [-0.2, -0.15) is 0 Å². The zero-order chi connectivity index (χ0) is 15.2. The number of ether oxygens (including phenoxy) is 1. The molecule has 1 saturated heterocycles. The van der Waals surface area contributed by atoms with Gasteiger partial charge in [0.1, 0.15) is 6.10 Å². The number of morpholine rings is 1. The van der Waals surface area contributed by atoms with E-state index in [0.717, 1.165) is 12.1 Å². The third-order valence-electron chi connectivity index (χ3n) is 3.71. The molecular weight excluding hydrogens is 268 g/mol. The number of hydrogen-bond acceptors (Lipinski definition) is 4. The summed E-state index contributed by atoms with van der Waals surface area (Å²) >= 11 is 0. The number of amides is 1. The van der Waals surface area contributed by atoms with Crippen molar-refractivity contribution in [2.75, 3.05) is 26.7 Å². The van der Waals surface area contributed by atoms with Crippen LogP contribution in [0.5, 0.6) is 0 Å². The molecule has 5 nitrogen and oxygen atoms in total. The largest absolute Gasteiger partial charge is 0.388 e. The van der Waals surface area contributed by atoms with Gasteiger partial charge in [0.25, 0.3) is 5.91 Å². The first-order chi connectivity index (χ1) is 10.1. The van der Waals surface area contributed by atoms with Gasteiger partial charge in [-0.3, -0.25) is 4.79 Å². The molecular formula is C16H24N2O3. The number of carbonyl (C=O) groups excluding carboxylic acids is 1. The first-order valence-corrected chi connectivity index (χ1v) is 7.40. The molecule has 1 heterocycles. The number of nitrogens with zero attached hydrogens (tertiary/aromatic N) is 1. The van der Waals surface area contributed by atoms with E-state index in [1.807, 2.05) is 44.3 Å². The van der Waals surface area contributed by atoms with Crippen molar-refractivity contribution in [2.45, 2.75) is 31.6 Å². The van der Waals surface area contributed by atoms with Crippen LogP contribution in [0.2, 0.25) is 0 Å². The highest BCUT2D eigenvalue weighted by molar-refractivity contribution is 5.81. The smallest absolute Gasteiger partial charge is 0.250 e. The van der Waals surface area contributed by atoms with Crippen LogP contribution in [0.15, 0.2) is 30.3 Å². The minimum atomic E-state index is -0.573. The van der Waals surface area contributed by atoms with Crippen LogP contribution >= 0.6 is 0 Å². The van der Waals surface area contributed by atoms with Crippen molar-refractivity contribution in [3.63, 3.8) is 0 Å². The first kappa shape index (κ1) is 15.9. The maximum atomic E-state index is 12.1. The number of carbonyl (C=O) groups is 1. The zero-order valence-electron chi connectivity index (χ0n) is 12.7. The summed E-state index contributed by atoms with van der Waals surface area (Å²) in [4.78, 5) is 14.2. The lowest BCUT2D eigenvalue weighted by molar-refractivity contribution is -0.138. The fourth-order valence-corrected chi connectivity index (χ4v) is 2.48. The standard InChI is InChI=1S/C16H24N2O3/c1-12(10-14(19)13-6-4-3-5-7-13)17-16(20)15-11-18(2)8-9-21-15/h3-7,12,14-15,19H,8-11H2,1-2H3,(H,17,20)/t12-,14+,15-/m1/s1. The summed E-state index contributed by atoms with van der Waals surface area (Å²) < 4.78 is 5.48. The lowest BCUT2D eigenvalue weighted by atomic mass is 10.0. The van der Waals surface area contributed by atoms with Crippen molar-refractivity contribution < 1.29 is 14.6 Å². The van der Waals surface area contributed by atoms with Gasteiger partial charge in [0, 0.05) is 19.1 Å². The van der Waals surface area contributed by atoms with Crippen LogP contribution in [0.3, 0.4) is 0 Å². The fourth-order valence-electron chi connectivity index (χ4n) is 2.48. The van der Waals surface area contributed by atoms with E-state index < -0.39 is 12.2 Å². The van der Waals surface area contributed by atoms with E-state index in [2.05, 4.69) is 10.2 Å². The van der Waals surface area contributed by atoms with E-state index in [0.29, 0.717) is 19.6 Å². The quantitative estimate of drug-likeness (QED) is 0.848. The minimum absolute atomic E-state index is 0.102. The maximum absolute atomic E-state index is 12.1. The monoisotopic (exact) mass is 292 g/mol. The molecule has 3 atom stereocenters. The van der Waals surface area contributed by atoms with E-state index in [9.17, 15) is 9.90 Å². The molecule has 0 radical (unpaired) electrons. The van der Waals surface area contributed by atoms with E-state index in [-0.39, 0.29) is 11.9 Å². The topological polar surface area (TPSA) is 61.8 Å². The summed E-state index contributed by atoms with van der Waals surface area (Å²) in [6.07, 6.45) is -0.505. The summed E-state index contributed by atoms with van der Waals surface area (Å²) in [6.45, 7) is 3.94. The minimum Gasteiger partial charge on any atom is -0.388 e. The summed E-state index contributed by atoms with van der Waals surface area (Å²) in [6, 6.07) is 9.37. The molecule has 5 heteroatoms. The molecule has 0 unspecified atom stereocenters. The average Bonchev–Trinajstić information content (AvgIpc) is 2.48. The number of aliphatic hydroxyl groups is 1. The molecule has 2 N–H and O–H groups in total. The predicted octanol–water partition coefficient (Wildman–Crippen LogP) is 0.945. The van der Waals surface area contributed by atoms with Gasteiger partial charge in [-0.25, -0.2) is 0 Å². The molecule has 1 aliphatic heterocycles. The molecule has 0 aliphatic carbocycles. The van der Waals surface area contributed by atoms with Crippen LogP contribution in [0.1, 0.15) is 25.0 Å². The van der Waals surface area contributed by atoms with Crippen LogP contribution in [0.4, 0.5) is 0 Å². The van der Waals surface area contributed by atoms with Crippen LogP contribution in [-0.4, -0.2) is 54.8 Å². The highest BCUT2D eigenvalue weighted by Crippen LogP contribution is 2.17. The molecule has 1 aromatic rings. The number of rotatable bonds is 5. The Kier molecular flexibility index (Phi) is 5.73. The third-order valence-corrected chi connectivity index (χ3v) is 3.71. The van der Waals surface area contributed by atoms with Gasteiger partial charge in [0.05, 0.1) is 12.7 Å². The third kappa shape index (κ3) is 4.81. The van der Waals surface area contributed by atoms with E-state index in [1.54, 1.807) is 0 Å². The van der Waals surface area contributed by atoms with Crippen molar-refractivity contribution in [1.29, 1.82) is 0 Å².